The van der Waals surface area contributed by atoms with Gasteiger partial charge in [-0.3, -0.25) is 9.99 Å². The minimum Gasteiger partial charge on any atom is -0.463 e. The largest absolute Gasteiger partial charge is 0.463 e. The maximum absolute atomic E-state index is 15.6. The lowest BCUT2D eigenvalue weighted by Crippen LogP contribution is -2.59. The Labute approximate surface area is 181 Å². The summed E-state index contributed by atoms with van der Waals surface area (Å²) in [7, 11) is 0. The van der Waals surface area contributed by atoms with Crippen LogP contribution >= 0.6 is 0 Å². The van der Waals surface area contributed by atoms with Crippen LogP contribution < -0.4 is 17.4 Å². The fourth-order valence-corrected chi connectivity index (χ4v) is 2.89. The van der Waals surface area contributed by atoms with Crippen molar-refractivity contribution in [3.05, 3.63) is 71.1 Å². The van der Waals surface area contributed by atoms with E-state index in [0.717, 1.165) is 36.8 Å². The molecule has 172 valence electrons. The van der Waals surface area contributed by atoms with Crippen molar-refractivity contribution in [1.82, 2.24) is 9.99 Å². The standard InChI is InChI=1S/C20H22F4N6O2/c1-2-32-18(31)8-4-13-3-7-17(28-10-13)20(23,24)19(25,11-30(27)12-29-26)15-6-5-14(21)9-16(15)22/h3-10,12H,2,11,25-27H2,1H3/b8-4+,29-12-. The van der Waals surface area contributed by atoms with Gasteiger partial charge in [0.25, 0.3) is 0 Å². The molecule has 1 aromatic carbocycles. The number of hydrazone groups is 1. The summed E-state index contributed by atoms with van der Waals surface area (Å²) in [6, 6.07) is 4.26. The number of halogens is 4. The second-order valence-corrected chi connectivity index (χ2v) is 6.67. The summed E-state index contributed by atoms with van der Waals surface area (Å²) in [6.45, 7) is 0.961. The second kappa shape index (κ2) is 10.2. The Hall–Kier alpha value is -3.51. The third-order valence-corrected chi connectivity index (χ3v) is 4.43. The van der Waals surface area contributed by atoms with E-state index >= 15 is 8.78 Å². The van der Waals surface area contributed by atoms with Gasteiger partial charge in [0.2, 0.25) is 0 Å². The van der Waals surface area contributed by atoms with Gasteiger partial charge in [-0.1, -0.05) is 12.1 Å². The van der Waals surface area contributed by atoms with Crippen molar-refractivity contribution in [3.8, 4) is 0 Å². The summed E-state index contributed by atoms with van der Waals surface area (Å²) in [5, 5.41) is 3.77. The molecule has 0 amide bonds. The molecular formula is C20H22F4N6O2. The number of nitrogens with zero attached hydrogens (tertiary/aromatic N) is 3. The first-order valence-electron chi connectivity index (χ1n) is 9.23. The van der Waals surface area contributed by atoms with Crippen molar-refractivity contribution in [2.45, 2.75) is 18.4 Å². The highest BCUT2D eigenvalue weighted by molar-refractivity contribution is 5.86. The third-order valence-electron chi connectivity index (χ3n) is 4.43. The molecule has 2 aromatic rings. The van der Waals surface area contributed by atoms with E-state index in [-0.39, 0.29) is 6.61 Å². The first-order valence-corrected chi connectivity index (χ1v) is 9.23. The molecule has 0 saturated heterocycles. The maximum atomic E-state index is 15.6. The number of hydrogen-bond donors (Lipinski definition) is 3. The minimum atomic E-state index is -3.99. The number of esters is 1. The smallest absolute Gasteiger partial charge is 0.330 e. The van der Waals surface area contributed by atoms with Crippen molar-refractivity contribution in [3.63, 3.8) is 0 Å². The minimum absolute atomic E-state index is 0.179. The summed E-state index contributed by atoms with van der Waals surface area (Å²) < 4.78 is 63.8. The zero-order valence-electron chi connectivity index (χ0n) is 17.0. The Balaban J connectivity index is 2.48. The SMILES string of the molecule is CCOC(=O)/C=C/c1ccc(C(F)(F)C(N)(CN(N)/C=N\N)c2ccc(F)cc2F)nc1. The van der Waals surface area contributed by atoms with Gasteiger partial charge in [-0.15, -0.1) is 0 Å². The molecule has 0 aliphatic rings. The van der Waals surface area contributed by atoms with Gasteiger partial charge in [0, 0.05) is 23.9 Å². The van der Waals surface area contributed by atoms with Gasteiger partial charge in [0.05, 0.1) is 13.2 Å². The number of aromatic nitrogens is 1. The van der Waals surface area contributed by atoms with Crippen LogP contribution in [0.25, 0.3) is 6.08 Å². The van der Waals surface area contributed by atoms with Crippen LogP contribution in [0.2, 0.25) is 0 Å². The Kier molecular flexibility index (Phi) is 7.89. The van der Waals surface area contributed by atoms with Crippen LogP contribution in [0, 0.1) is 11.6 Å². The molecule has 0 aliphatic carbocycles. The van der Waals surface area contributed by atoms with Crippen molar-refractivity contribution in [2.75, 3.05) is 13.2 Å². The Morgan fingerprint density at radius 1 is 1.28 bits per heavy atom. The van der Waals surface area contributed by atoms with Crippen LogP contribution in [0.5, 0.6) is 0 Å². The number of carbonyl (C=O) groups is 1. The molecule has 1 aromatic heterocycles. The summed E-state index contributed by atoms with van der Waals surface area (Å²) in [6.07, 6.45) is 4.32. The van der Waals surface area contributed by atoms with Gasteiger partial charge in [0.15, 0.2) is 0 Å². The van der Waals surface area contributed by atoms with E-state index in [4.69, 9.17) is 22.2 Å². The fraction of sp³-hybridized carbons (Fsp3) is 0.250. The molecule has 0 aliphatic heterocycles. The molecule has 0 fully saturated rings. The second-order valence-electron chi connectivity index (χ2n) is 6.67. The maximum Gasteiger partial charge on any atom is 0.330 e. The highest BCUT2D eigenvalue weighted by Crippen LogP contribution is 2.44. The van der Waals surface area contributed by atoms with E-state index in [2.05, 4.69) is 10.1 Å². The average molecular weight is 454 g/mol. The van der Waals surface area contributed by atoms with Gasteiger partial charge in [-0.05, 0) is 30.7 Å². The van der Waals surface area contributed by atoms with Gasteiger partial charge >= 0.3 is 11.9 Å². The quantitative estimate of drug-likeness (QED) is 0.100. The predicted octanol–water partition coefficient (Wildman–Crippen LogP) is 1.96. The van der Waals surface area contributed by atoms with E-state index in [1.54, 1.807) is 6.92 Å². The number of hydrogen-bond acceptors (Lipinski definition) is 7. The van der Waals surface area contributed by atoms with E-state index in [0.29, 0.717) is 16.6 Å². The van der Waals surface area contributed by atoms with Crippen molar-refractivity contribution >= 4 is 18.4 Å². The summed E-state index contributed by atoms with van der Waals surface area (Å²) in [5.41, 5.74) is 2.05. The van der Waals surface area contributed by atoms with Crippen LogP contribution in [0.3, 0.4) is 0 Å². The molecule has 0 saturated carbocycles. The Morgan fingerprint density at radius 2 is 2.00 bits per heavy atom. The van der Waals surface area contributed by atoms with Crippen molar-refractivity contribution in [2.24, 2.45) is 22.5 Å². The number of benzene rings is 1. The molecule has 1 heterocycles. The molecule has 0 radical (unpaired) electrons. The van der Waals surface area contributed by atoms with Gasteiger partial charge < -0.3 is 16.3 Å². The van der Waals surface area contributed by atoms with E-state index in [9.17, 15) is 13.6 Å². The molecule has 0 bridgehead atoms. The predicted molar refractivity (Wildman–Crippen MR) is 110 cm³/mol. The highest BCUT2D eigenvalue weighted by Gasteiger charge is 2.56. The molecule has 6 N–H and O–H groups in total. The van der Waals surface area contributed by atoms with Gasteiger partial charge in [0.1, 0.15) is 29.2 Å². The Morgan fingerprint density at radius 3 is 2.56 bits per heavy atom. The van der Waals surface area contributed by atoms with Crippen LogP contribution in [-0.2, 0) is 21.0 Å². The molecule has 0 spiro atoms. The molecule has 32 heavy (non-hydrogen) atoms. The number of nitrogens with two attached hydrogens (primary N) is 3. The van der Waals surface area contributed by atoms with Crippen LogP contribution in [0.15, 0.2) is 47.7 Å². The summed E-state index contributed by atoms with van der Waals surface area (Å²) in [5.74, 6) is 3.72. The number of ether oxygens (including phenoxy) is 1. The summed E-state index contributed by atoms with van der Waals surface area (Å²) in [4.78, 5) is 15.1. The van der Waals surface area contributed by atoms with Crippen LogP contribution in [-0.4, -0.2) is 35.5 Å². The number of rotatable bonds is 9. The van der Waals surface area contributed by atoms with Gasteiger partial charge in [-0.2, -0.15) is 13.9 Å². The molecule has 1 atom stereocenters. The van der Waals surface area contributed by atoms with Gasteiger partial charge in [-0.25, -0.2) is 19.4 Å². The molecule has 8 nitrogen and oxygen atoms in total. The van der Waals surface area contributed by atoms with Crippen molar-refractivity contribution < 1.29 is 27.1 Å². The lowest BCUT2D eigenvalue weighted by Gasteiger charge is -2.39. The number of hydrazine groups is 1. The first kappa shape index (κ1) is 24.8. The zero-order valence-corrected chi connectivity index (χ0v) is 17.0. The fourth-order valence-electron chi connectivity index (χ4n) is 2.89. The number of pyridine rings is 1. The lowest BCUT2D eigenvalue weighted by atomic mass is 9.81. The van der Waals surface area contributed by atoms with E-state index in [1.165, 1.54) is 12.1 Å². The molecule has 2 rings (SSSR count). The normalized spacial score (nSPS) is 14.0. The molecular weight excluding hydrogens is 432 g/mol. The van der Waals surface area contributed by atoms with Crippen LogP contribution in [0.4, 0.5) is 17.6 Å². The first-order chi connectivity index (χ1) is 15.0. The zero-order chi connectivity index (χ0) is 23.9. The van der Waals surface area contributed by atoms with Crippen LogP contribution in [0.1, 0.15) is 23.7 Å². The molecule has 12 heteroatoms. The third kappa shape index (κ3) is 5.39. The number of carbonyl (C=O) groups excluding carboxylic acids is 1. The topological polar surface area (TPSA) is 133 Å². The van der Waals surface area contributed by atoms with E-state index in [1.807, 2.05) is 0 Å². The molecule has 1 unspecified atom stereocenters. The lowest BCUT2D eigenvalue weighted by molar-refractivity contribution is -0.137. The average Bonchev–Trinajstić information content (AvgIpc) is 2.72. The monoisotopic (exact) mass is 454 g/mol. The summed E-state index contributed by atoms with van der Waals surface area (Å²) >= 11 is 0. The van der Waals surface area contributed by atoms with E-state index < -0.39 is 46.9 Å². The highest BCUT2D eigenvalue weighted by atomic mass is 19.3. The number of alkyl halides is 2. The van der Waals surface area contributed by atoms with Crippen molar-refractivity contribution in [1.29, 1.82) is 0 Å². The Bertz CT molecular complexity index is 1000.